The molecule has 0 aliphatic carbocycles. The van der Waals surface area contributed by atoms with Gasteiger partial charge in [-0.2, -0.15) is 6.42 Å². The van der Waals surface area contributed by atoms with E-state index in [9.17, 15) is 0 Å². The molecular weight excluding hydrogens is 111 g/mol. The van der Waals surface area contributed by atoms with Crippen LogP contribution in [0.25, 0.3) is 0 Å². The van der Waals surface area contributed by atoms with Gasteiger partial charge >= 0.3 is 29.6 Å². The average Bonchev–Trinajstić information content (AvgIpc) is 1.69. The monoisotopic (exact) mass is 124 g/mol. The van der Waals surface area contributed by atoms with Gasteiger partial charge in [0.25, 0.3) is 0 Å². The molecule has 0 aromatic carbocycles. The zero-order chi connectivity index (χ0) is 5.54. The van der Waals surface area contributed by atoms with Crippen molar-refractivity contribution >= 4 is 0 Å². The Morgan fingerprint density at radius 1 is 1.12 bits per heavy atom. The van der Waals surface area contributed by atoms with E-state index < -0.39 is 0 Å². The third-order valence-electron chi connectivity index (χ3n) is 0.908. The van der Waals surface area contributed by atoms with E-state index in [2.05, 4.69) is 6.92 Å². The normalized spacial score (nSPS) is 8.25. The Hall–Kier alpha value is 0.960. The molecule has 0 aliphatic rings. The molecule has 0 heterocycles. The van der Waals surface area contributed by atoms with Crippen molar-refractivity contribution in [3.8, 4) is 0 Å². The van der Waals surface area contributed by atoms with E-state index in [1.807, 2.05) is 0 Å². The van der Waals surface area contributed by atoms with Gasteiger partial charge in [0.15, 0.2) is 0 Å². The van der Waals surface area contributed by atoms with Crippen LogP contribution in [-0.2, 0) is 0 Å². The van der Waals surface area contributed by atoms with Gasteiger partial charge in [-0.1, -0.05) is 12.8 Å². The van der Waals surface area contributed by atoms with Gasteiger partial charge in [-0.25, -0.2) is 0 Å². The minimum atomic E-state index is 0. The van der Waals surface area contributed by atoms with Crippen molar-refractivity contribution in [3.05, 3.63) is 6.92 Å². The Morgan fingerprint density at radius 2 is 1.75 bits per heavy atom. The van der Waals surface area contributed by atoms with Crippen LogP contribution in [0.3, 0.4) is 0 Å². The zero-order valence-electron chi connectivity index (χ0n) is 5.69. The first-order valence-corrected chi connectivity index (χ1v) is 2.82. The van der Waals surface area contributed by atoms with Crippen molar-refractivity contribution in [2.75, 3.05) is 6.61 Å². The number of hydrogen-bond acceptors (Lipinski definition) is 1. The van der Waals surface area contributed by atoms with Crippen molar-refractivity contribution in [2.24, 2.45) is 0 Å². The molecule has 8 heavy (non-hydrogen) atoms. The summed E-state index contributed by atoms with van der Waals surface area (Å²) < 4.78 is 0. The third kappa shape index (κ3) is 10.0. The fourth-order valence-corrected chi connectivity index (χ4v) is 0.465. The summed E-state index contributed by atoms with van der Waals surface area (Å²) in [5.74, 6) is 0. The average molecular weight is 124 g/mol. The predicted octanol–water partition coefficient (Wildman–Crippen LogP) is -1.62. The molecule has 0 radical (unpaired) electrons. The standard InChI is InChI=1S/C6H13O.Na/c1-2-3-4-5-6-7;/h7H,1-6H2;/q-1;+1. The van der Waals surface area contributed by atoms with E-state index in [-0.39, 0.29) is 29.6 Å². The van der Waals surface area contributed by atoms with E-state index in [0.29, 0.717) is 6.61 Å². The summed E-state index contributed by atoms with van der Waals surface area (Å²) in [4.78, 5) is 0. The fourth-order valence-electron chi connectivity index (χ4n) is 0.465. The van der Waals surface area contributed by atoms with Crippen LogP contribution < -0.4 is 29.6 Å². The van der Waals surface area contributed by atoms with Gasteiger partial charge in [0, 0.05) is 6.61 Å². The number of rotatable bonds is 4. The second kappa shape index (κ2) is 10.9. The second-order valence-electron chi connectivity index (χ2n) is 1.64. The van der Waals surface area contributed by atoms with Gasteiger partial charge < -0.3 is 12.0 Å². The van der Waals surface area contributed by atoms with E-state index in [1.165, 1.54) is 0 Å². The first-order valence-electron chi connectivity index (χ1n) is 2.82. The first-order chi connectivity index (χ1) is 3.41. The molecule has 2 heteroatoms. The van der Waals surface area contributed by atoms with E-state index in [1.54, 1.807) is 0 Å². The van der Waals surface area contributed by atoms with Crippen molar-refractivity contribution in [2.45, 2.75) is 25.7 Å². The molecule has 0 aromatic rings. The molecular formula is C6H13NaO. The van der Waals surface area contributed by atoms with E-state index in [4.69, 9.17) is 5.11 Å². The van der Waals surface area contributed by atoms with Crippen LogP contribution in [0.2, 0.25) is 0 Å². The summed E-state index contributed by atoms with van der Waals surface area (Å²) >= 11 is 0. The summed E-state index contributed by atoms with van der Waals surface area (Å²) in [6.45, 7) is 4.01. The molecule has 0 bridgehead atoms. The molecule has 0 spiro atoms. The second-order valence-corrected chi connectivity index (χ2v) is 1.64. The third-order valence-corrected chi connectivity index (χ3v) is 0.908. The number of aliphatic hydroxyl groups is 1. The largest absolute Gasteiger partial charge is 1.00 e. The van der Waals surface area contributed by atoms with Crippen LogP contribution in [-0.4, -0.2) is 11.7 Å². The molecule has 1 nitrogen and oxygen atoms in total. The number of unbranched alkanes of at least 4 members (excludes halogenated alkanes) is 3. The Balaban J connectivity index is 0. The molecule has 0 aliphatic heterocycles. The van der Waals surface area contributed by atoms with Crippen molar-refractivity contribution in [1.82, 2.24) is 0 Å². The smallest absolute Gasteiger partial charge is 0.396 e. The molecule has 0 rings (SSSR count). The molecule has 1 N–H and O–H groups in total. The molecule has 0 atom stereocenters. The molecule has 0 saturated heterocycles. The maximum absolute atomic E-state index is 8.27. The minimum absolute atomic E-state index is 0. The van der Waals surface area contributed by atoms with Gasteiger partial charge in [0.1, 0.15) is 0 Å². The zero-order valence-corrected chi connectivity index (χ0v) is 7.69. The van der Waals surface area contributed by atoms with Crippen molar-refractivity contribution in [1.29, 1.82) is 0 Å². The minimum Gasteiger partial charge on any atom is -0.396 e. The van der Waals surface area contributed by atoms with Crippen molar-refractivity contribution in [3.63, 3.8) is 0 Å². The maximum Gasteiger partial charge on any atom is 1.00 e. The first kappa shape index (κ1) is 11.7. The maximum atomic E-state index is 8.27. The summed E-state index contributed by atoms with van der Waals surface area (Å²) in [5, 5.41) is 8.27. The summed E-state index contributed by atoms with van der Waals surface area (Å²) in [6.07, 6.45) is 4.22. The molecule has 0 saturated carbocycles. The van der Waals surface area contributed by atoms with Crippen LogP contribution in [0.1, 0.15) is 25.7 Å². The molecule has 0 unspecified atom stereocenters. The van der Waals surface area contributed by atoms with Gasteiger partial charge in [-0.05, 0) is 6.42 Å². The topological polar surface area (TPSA) is 20.2 Å². The summed E-state index contributed by atoms with van der Waals surface area (Å²) in [7, 11) is 0. The van der Waals surface area contributed by atoms with Gasteiger partial charge in [0.05, 0.1) is 0 Å². The van der Waals surface area contributed by atoms with Crippen molar-refractivity contribution < 1.29 is 34.7 Å². The Labute approximate surface area is 73.8 Å². The fraction of sp³-hybridized carbons (Fsp3) is 0.833. The van der Waals surface area contributed by atoms with Crippen LogP contribution in [0.5, 0.6) is 0 Å². The summed E-state index contributed by atoms with van der Waals surface area (Å²) in [6, 6.07) is 0. The van der Waals surface area contributed by atoms with Gasteiger partial charge in [-0.3, -0.25) is 0 Å². The van der Waals surface area contributed by atoms with Gasteiger partial charge in [-0.15, -0.1) is 0 Å². The van der Waals surface area contributed by atoms with Crippen LogP contribution >= 0.6 is 0 Å². The molecule has 0 amide bonds. The number of hydrogen-bond donors (Lipinski definition) is 1. The van der Waals surface area contributed by atoms with Crippen LogP contribution in [0.4, 0.5) is 0 Å². The Kier molecular flexibility index (Phi) is 15.9. The quantitative estimate of drug-likeness (QED) is 0.271. The van der Waals surface area contributed by atoms with E-state index in [0.717, 1.165) is 25.7 Å². The number of aliphatic hydroxyl groups excluding tert-OH is 1. The Bertz CT molecular complexity index is 27.7. The molecule has 0 fully saturated rings. The van der Waals surface area contributed by atoms with E-state index >= 15 is 0 Å². The summed E-state index contributed by atoms with van der Waals surface area (Å²) in [5.41, 5.74) is 0. The molecule has 44 valence electrons. The molecule has 0 aromatic heterocycles. The van der Waals surface area contributed by atoms with Crippen LogP contribution in [0.15, 0.2) is 0 Å². The van der Waals surface area contributed by atoms with Crippen LogP contribution in [0, 0.1) is 6.92 Å². The predicted molar refractivity (Wildman–Crippen MR) is 30.9 cm³/mol. The van der Waals surface area contributed by atoms with Gasteiger partial charge in [0.2, 0.25) is 0 Å². The Morgan fingerprint density at radius 3 is 2.12 bits per heavy atom. The SMILES string of the molecule is [CH2-]CCCCCO.[Na+].